The largest absolute Gasteiger partial charge is 0.459 e. The summed E-state index contributed by atoms with van der Waals surface area (Å²) in [6, 6.07) is 20.5. The summed E-state index contributed by atoms with van der Waals surface area (Å²) in [5.74, 6) is 1.45. The van der Waals surface area contributed by atoms with E-state index in [1.165, 1.54) is 11.8 Å². The third-order valence-corrected chi connectivity index (χ3v) is 5.46. The zero-order chi connectivity index (χ0) is 21.6. The Morgan fingerprint density at radius 3 is 2.48 bits per heavy atom. The molecule has 2 amide bonds. The molecule has 2 N–H and O–H groups in total. The van der Waals surface area contributed by atoms with E-state index in [2.05, 4.69) is 15.8 Å². The molecule has 4 aromatic rings. The average Bonchev–Trinajstić information content (AvgIpc) is 3.38. The van der Waals surface area contributed by atoms with E-state index in [1.54, 1.807) is 13.0 Å². The summed E-state index contributed by atoms with van der Waals surface area (Å²) in [5, 5.41) is 10.3. The number of benzene rings is 2. The molecule has 0 saturated heterocycles. The van der Waals surface area contributed by atoms with Crippen LogP contribution in [0.4, 0.5) is 5.82 Å². The van der Waals surface area contributed by atoms with E-state index in [0.717, 1.165) is 16.5 Å². The van der Waals surface area contributed by atoms with Crippen molar-refractivity contribution in [2.75, 3.05) is 16.8 Å². The van der Waals surface area contributed by atoms with Gasteiger partial charge in [-0.05, 0) is 24.6 Å². The van der Waals surface area contributed by atoms with E-state index >= 15 is 0 Å². The minimum atomic E-state index is -0.423. The molecule has 0 spiro atoms. The lowest BCUT2D eigenvalue weighted by molar-refractivity contribution is -0.119. The Kier molecular flexibility index (Phi) is 6.37. The van der Waals surface area contributed by atoms with E-state index in [9.17, 15) is 9.59 Å². The highest BCUT2D eigenvalue weighted by atomic mass is 32.2. The van der Waals surface area contributed by atoms with Crippen LogP contribution in [0.25, 0.3) is 11.0 Å². The highest BCUT2D eigenvalue weighted by molar-refractivity contribution is 8.00. The van der Waals surface area contributed by atoms with Gasteiger partial charge >= 0.3 is 0 Å². The molecule has 0 radical (unpaired) electrons. The summed E-state index contributed by atoms with van der Waals surface area (Å²) < 4.78 is 10.9. The number of nitrogens with zero attached hydrogens (tertiary/aromatic N) is 1. The molecule has 31 heavy (non-hydrogen) atoms. The van der Waals surface area contributed by atoms with Crippen LogP contribution in [0, 0.1) is 6.92 Å². The third kappa shape index (κ3) is 5.35. The topological polar surface area (TPSA) is 97.4 Å². The second-order valence-corrected chi connectivity index (χ2v) is 7.95. The van der Waals surface area contributed by atoms with Crippen LogP contribution in [-0.2, 0) is 9.59 Å². The zero-order valence-electron chi connectivity index (χ0n) is 16.8. The lowest BCUT2D eigenvalue weighted by Crippen LogP contribution is -2.31. The molecule has 1 unspecified atom stereocenters. The molecule has 158 valence electrons. The molecule has 0 fully saturated rings. The molecule has 8 heteroatoms. The van der Waals surface area contributed by atoms with Gasteiger partial charge in [-0.2, -0.15) is 0 Å². The van der Waals surface area contributed by atoms with Crippen molar-refractivity contribution >= 4 is 40.4 Å². The van der Waals surface area contributed by atoms with Gasteiger partial charge in [0.25, 0.3) is 0 Å². The van der Waals surface area contributed by atoms with E-state index in [-0.39, 0.29) is 23.3 Å². The van der Waals surface area contributed by atoms with Crippen LogP contribution in [0.5, 0.6) is 0 Å². The van der Waals surface area contributed by atoms with Crippen LogP contribution >= 0.6 is 11.8 Å². The summed E-state index contributed by atoms with van der Waals surface area (Å²) >= 11 is 1.22. The van der Waals surface area contributed by atoms with Crippen molar-refractivity contribution < 1.29 is 18.5 Å². The predicted molar refractivity (Wildman–Crippen MR) is 120 cm³/mol. The minimum absolute atomic E-state index is 0.125. The Morgan fingerprint density at radius 2 is 1.74 bits per heavy atom. The van der Waals surface area contributed by atoms with E-state index in [0.29, 0.717) is 17.3 Å². The van der Waals surface area contributed by atoms with E-state index < -0.39 is 6.04 Å². The molecule has 0 bridgehead atoms. The van der Waals surface area contributed by atoms with Crippen LogP contribution in [0.2, 0.25) is 0 Å². The number of anilines is 1. The highest BCUT2D eigenvalue weighted by Crippen LogP contribution is 2.28. The predicted octanol–water partition coefficient (Wildman–Crippen LogP) is 4.31. The van der Waals surface area contributed by atoms with Crippen molar-refractivity contribution in [2.45, 2.75) is 13.0 Å². The molecule has 0 aliphatic heterocycles. The van der Waals surface area contributed by atoms with Crippen LogP contribution in [-0.4, -0.2) is 28.5 Å². The maximum Gasteiger partial charge on any atom is 0.235 e. The first-order valence-corrected chi connectivity index (χ1v) is 10.9. The Morgan fingerprint density at radius 1 is 1.00 bits per heavy atom. The fraction of sp³-hybridized carbons (Fsp3) is 0.174. The smallest absolute Gasteiger partial charge is 0.235 e. The maximum atomic E-state index is 12.6. The summed E-state index contributed by atoms with van der Waals surface area (Å²) in [7, 11) is 0. The molecule has 2 aromatic heterocycles. The monoisotopic (exact) mass is 435 g/mol. The van der Waals surface area contributed by atoms with Crippen molar-refractivity contribution in [3.05, 3.63) is 83.8 Å². The number of carbonyl (C=O) groups excluding carboxylic acids is 2. The molecule has 0 saturated carbocycles. The molecule has 7 nitrogen and oxygen atoms in total. The minimum Gasteiger partial charge on any atom is -0.459 e. The first kappa shape index (κ1) is 20.7. The number of carbonyl (C=O) groups is 2. The second kappa shape index (κ2) is 9.53. The van der Waals surface area contributed by atoms with Crippen LogP contribution in [0.15, 0.2) is 75.7 Å². The fourth-order valence-corrected chi connectivity index (χ4v) is 3.78. The van der Waals surface area contributed by atoms with Crippen LogP contribution in [0.1, 0.15) is 23.1 Å². The average molecular weight is 436 g/mol. The van der Waals surface area contributed by atoms with Gasteiger partial charge in [0.2, 0.25) is 11.8 Å². The van der Waals surface area contributed by atoms with E-state index in [1.807, 2.05) is 60.7 Å². The number of hydrogen-bond donors (Lipinski definition) is 2. The molecule has 1 atom stereocenters. The molecule has 2 heterocycles. The number of fused-ring (bicyclic) bond motifs is 1. The van der Waals surface area contributed by atoms with Gasteiger partial charge in [0.1, 0.15) is 23.1 Å². The number of furan rings is 1. The maximum absolute atomic E-state index is 12.6. The van der Waals surface area contributed by atoms with Gasteiger partial charge in [0, 0.05) is 11.5 Å². The van der Waals surface area contributed by atoms with Gasteiger partial charge < -0.3 is 19.6 Å². The van der Waals surface area contributed by atoms with Crippen LogP contribution < -0.4 is 10.6 Å². The number of thioether (sulfide) groups is 1. The molecular weight excluding hydrogens is 414 g/mol. The number of rotatable bonds is 8. The van der Waals surface area contributed by atoms with Crippen molar-refractivity contribution in [1.82, 2.24) is 10.5 Å². The molecule has 0 aliphatic carbocycles. The Hall–Kier alpha value is -3.52. The first-order valence-electron chi connectivity index (χ1n) is 9.72. The number of hydrogen-bond acceptors (Lipinski definition) is 6. The first-order chi connectivity index (χ1) is 15.1. The lowest BCUT2D eigenvalue weighted by atomic mass is 10.0. The SMILES string of the molecule is Cc1cc(NC(=O)CSCC(=O)NC(c2ccccc2)c2cc3ccccc3o2)no1. The van der Waals surface area contributed by atoms with Gasteiger partial charge in [0.15, 0.2) is 5.82 Å². The standard InChI is InChI=1S/C23H21N3O4S/c1-15-11-20(26-30-15)24-21(27)13-31-14-22(28)25-23(16-7-3-2-4-8-16)19-12-17-9-5-6-10-18(17)29-19/h2-12,23H,13-14H2,1H3,(H,25,28)(H,24,26,27). The quantitative estimate of drug-likeness (QED) is 0.428. The zero-order valence-corrected chi connectivity index (χ0v) is 17.6. The molecule has 4 rings (SSSR count). The summed E-state index contributed by atoms with van der Waals surface area (Å²) in [5.41, 5.74) is 1.68. The van der Waals surface area contributed by atoms with Crippen molar-refractivity contribution in [2.24, 2.45) is 0 Å². The number of amides is 2. The van der Waals surface area contributed by atoms with Crippen molar-refractivity contribution in [1.29, 1.82) is 0 Å². The number of para-hydroxylation sites is 1. The Bertz CT molecular complexity index is 1150. The van der Waals surface area contributed by atoms with Crippen molar-refractivity contribution in [3.63, 3.8) is 0 Å². The summed E-state index contributed by atoms with van der Waals surface area (Å²) in [6.45, 7) is 1.74. The van der Waals surface area contributed by atoms with Gasteiger partial charge in [-0.15, -0.1) is 11.8 Å². The number of aromatic nitrogens is 1. The van der Waals surface area contributed by atoms with Gasteiger partial charge in [-0.25, -0.2) is 0 Å². The molecular formula is C23H21N3O4S. The van der Waals surface area contributed by atoms with Gasteiger partial charge in [-0.3, -0.25) is 9.59 Å². The fourth-order valence-electron chi connectivity index (χ4n) is 3.15. The summed E-state index contributed by atoms with van der Waals surface area (Å²) in [6.07, 6.45) is 0. The highest BCUT2D eigenvalue weighted by Gasteiger charge is 2.21. The lowest BCUT2D eigenvalue weighted by Gasteiger charge is -2.17. The normalized spacial score (nSPS) is 11.9. The molecule has 2 aromatic carbocycles. The Balaban J connectivity index is 1.38. The summed E-state index contributed by atoms with van der Waals surface area (Å²) in [4.78, 5) is 24.6. The Labute approximate surface area is 183 Å². The number of nitrogens with one attached hydrogen (secondary N) is 2. The van der Waals surface area contributed by atoms with Crippen LogP contribution in [0.3, 0.4) is 0 Å². The van der Waals surface area contributed by atoms with Crippen molar-refractivity contribution in [3.8, 4) is 0 Å². The third-order valence-electron chi connectivity index (χ3n) is 4.53. The second-order valence-electron chi connectivity index (χ2n) is 6.96. The van der Waals surface area contributed by atoms with Gasteiger partial charge in [0.05, 0.1) is 11.5 Å². The molecule has 0 aliphatic rings. The number of aryl methyl sites for hydroxylation is 1. The van der Waals surface area contributed by atoms with E-state index in [4.69, 9.17) is 8.94 Å². The van der Waals surface area contributed by atoms with Gasteiger partial charge in [-0.1, -0.05) is 53.7 Å².